The lowest BCUT2D eigenvalue weighted by Crippen LogP contribution is -2.44. The number of nitrogens with one attached hydrogen (secondary N) is 1. The summed E-state index contributed by atoms with van der Waals surface area (Å²) in [6, 6.07) is 9.16. The van der Waals surface area contributed by atoms with Crippen molar-refractivity contribution in [3.63, 3.8) is 0 Å². The molecule has 2 atom stereocenters. The van der Waals surface area contributed by atoms with Gasteiger partial charge in [-0.1, -0.05) is 24.3 Å². The molecule has 1 aliphatic heterocycles. The van der Waals surface area contributed by atoms with Crippen LogP contribution in [0.5, 0.6) is 0 Å². The zero-order valence-electron chi connectivity index (χ0n) is 8.20. The Morgan fingerprint density at radius 3 is 3.21 bits per heavy atom. The van der Waals surface area contributed by atoms with Crippen molar-refractivity contribution in [1.29, 1.82) is 0 Å². The van der Waals surface area contributed by atoms with Crippen molar-refractivity contribution in [1.82, 2.24) is 5.32 Å². The van der Waals surface area contributed by atoms with Gasteiger partial charge in [-0.15, -0.1) is 0 Å². The molecule has 1 aromatic rings. The molecule has 1 aliphatic carbocycles. The van der Waals surface area contributed by atoms with E-state index in [2.05, 4.69) is 29.6 Å². The predicted molar refractivity (Wildman–Crippen MR) is 55.2 cm³/mol. The maximum absolute atomic E-state index is 5.78. The van der Waals surface area contributed by atoms with Crippen LogP contribution < -0.4 is 5.32 Å². The highest BCUT2D eigenvalue weighted by Crippen LogP contribution is 2.32. The molecule has 0 aromatic heterocycles. The highest BCUT2D eigenvalue weighted by Gasteiger charge is 2.31. The van der Waals surface area contributed by atoms with E-state index in [1.54, 1.807) is 0 Å². The minimum atomic E-state index is 0.402. The van der Waals surface area contributed by atoms with Gasteiger partial charge in [0.15, 0.2) is 0 Å². The van der Waals surface area contributed by atoms with Gasteiger partial charge in [0.2, 0.25) is 0 Å². The summed E-state index contributed by atoms with van der Waals surface area (Å²) in [6.07, 6.45) is 2.73. The lowest BCUT2D eigenvalue weighted by atomic mass is 9.85. The fourth-order valence-electron chi connectivity index (χ4n) is 2.58. The molecule has 0 amide bonds. The molecule has 0 radical (unpaired) electrons. The Morgan fingerprint density at radius 1 is 1.29 bits per heavy atom. The van der Waals surface area contributed by atoms with Gasteiger partial charge in [0.05, 0.1) is 18.8 Å². The second-order valence-electron chi connectivity index (χ2n) is 4.08. The van der Waals surface area contributed by atoms with E-state index in [-0.39, 0.29) is 0 Å². The van der Waals surface area contributed by atoms with Crippen molar-refractivity contribution >= 4 is 0 Å². The summed E-state index contributed by atoms with van der Waals surface area (Å²) in [5.74, 6) is 0. The average molecular weight is 189 g/mol. The van der Waals surface area contributed by atoms with E-state index in [0.717, 1.165) is 19.6 Å². The first kappa shape index (κ1) is 8.45. The normalized spacial score (nSPS) is 30.6. The SMILES string of the molecule is c1ccc2c(c1)CC[C@H]1OCCN[C@H]21. The van der Waals surface area contributed by atoms with Crippen LogP contribution in [0.2, 0.25) is 0 Å². The van der Waals surface area contributed by atoms with Crippen LogP contribution in [-0.2, 0) is 11.2 Å². The topological polar surface area (TPSA) is 21.3 Å². The van der Waals surface area contributed by atoms with Gasteiger partial charge in [-0.3, -0.25) is 0 Å². The molecule has 74 valence electrons. The number of aryl methyl sites for hydroxylation is 1. The van der Waals surface area contributed by atoms with Gasteiger partial charge in [0.25, 0.3) is 0 Å². The molecule has 0 bridgehead atoms. The van der Waals surface area contributed by atoms with E-state index in [0.29, 0.717) is 12.1 Å². The Morgan fingerprint density at radius 2 is 2.21 bits per heavy atom. The second-order valence-corrected chi connectivity index (χ2v) is 4.08. The quantitative estimate of drug-likeness (QED) is 0.670. The standard InChI is InChI=1S/C12H15NO/c1-2-4-10-9(3-1)5-6-11-12(10)13-7-8-14-11/h1-4,11-13H,5-8H2/t11-,12-/m1/s1. The lowest BCUT2D eigenvalue weighted by Gasteiger charge is -2.37. The molecule has 1 fully saturated rings. The fourth-order valence-corrected chi connectivity index (χ4v) is 2.58. The van der Waals surface area contributed by atoms with Crippen LogP contribution in [0, 0.1) is 0 Å². The van der Waals surface area contributed by atoms with Gasteiger partial charge < -0.3 is 10.1 Å². The lowest BCUT2D eigenvalue weighted by molar-refractivity contribution is -0.0138. The van der Waals surface area contributed by atoms with E-state index >= 15 is 0 Å². The fraction of sp³-hybridized carbons (Fsp3) is 0.500. The molecule has 1 saturated heterocycles. The molecule has 3 rings (SSSR count). The van der Waals surface area contributed by atoms with Crippen LogP contribution in [-0.4, -0.2) is 19.3 Å². The van der Waals surface area contributed by atoms with Gasteiger partial charge in [-0.2, -0.15) is 0 Å². The first-order valence-corrected chi connectivity index (χ1v) is 5.38. The molecule has 0 unspecified atom stereocenters. The zero-order chi connectivity index (χ0) is 9.38. The zero-order valence-corrected chi connectivity index (χ0v) is 8.20. The molecule has 0 saturated carbocycles. The number of morpholine rings is 1. The van der Waals surface area contributed by atoms with Crippen molar-refractivity contribution in [2.45, 2.75) is 25.0 Å². The molecule has 1 N–H and O–H groups in total. The second kappa shape index (κ2) is 3.37. The van der Waals surface area contributed by atoms with Gasteiger partial charge in [0.1, 0.15) is 0 Å². The van der Waals surface area contributed by atoms with E-state index in [1.807, 2.05) is 0 Å². The monoisotopic (exact) mass is 189 g/mol. The highest BCUT2D eigenvalue weighted by atomic mass is 16.5. The van der Waals surface area contributed by atoms with Gasteiger partial charge >= 0.3 is 0 Å². The molecule has 2 heteroatoms. The maximum Gasteiger partial charge on any atom is 0.0773 e. The number of hydrogen-bond donors (Lipinski definition) is 1. The number of benzene rings is 1. The van der Waals surface area contributed by atoms with Crippen LogP contribution in [0.1, 0.15) is 23.6 Å². The third-order valence-corrected chi connectivity index (χ3v) is 3.26. The van der Waals surface area contributed by atoms with Crippen LogP contribution in [0.15, 0.2) is 24.3 Å². The van der Waals surface area contributed by atoms with Crippen LogP contribution >= 0.6 is 0 Å². The third-order valence-electron chi connectivity index (χ3n) is 3.26. The summed E-state index contributed by atoms with van der Waals surface area (Å²) in [6.45, 7) is 1.85. The number of rotatable bonds is 0. The Labute approximate surface area is 84.3 Å². The number of ether oxygens (including phenoxy) is 1. The maximum atomic E-state index is 5.78. The summed E-state index contributed by atoms with van der Waals surface area (Å²) in [4.78, 5) is 0. The van der Waals surface area contributed by atoms with Gasteiger partial charge in [0, 0.05) is 6.54 Å². The Kier molecular flexibility index (Phi) is 2.03. The number of fused-ring (bicyclic) bond motifs is 3. The smallest absolute Gasteiger partial charge is 0.0773 e. The van der Waals surface area contributed by atoms with Crippen molar-refractivity contribution in [3.05, 3.63) is 35.4 Å². The van der Waals surface area contributed by atoms with Crippen molar-refractivity contribution in [2.75, 3.05) is 13.2 Å². The van der Waals surface area contributed by atoms with E-state index < -0.39 is 0 Å². The minimum Gasteiger partial charge on any atom is -0.375 e. The van der Waals surface area contributed by atoms with Crippen molar-refractivity contribution in [2.24, 2.45) is 0 Å². The van der Waals surface area contributed by atoms with E-state index in [4.69, 9.17) is 4.74 Å². The largest absolute Gasteiger partial charge is 0.375 e. The van der Waals surface area contributed by atoms with Gasteiger partial charge in [-0.25, -0.2) is 0 Å². The molecular weight excluding hydrogens is 174 g/mol. The van der Waals surface area contributed by atoms with Crippen molar-refractivity contribution < 1.29 is 4.74 Å². The summed E-state index contributed by atoms with van der Waals surface area (Å²) >= 11 is 0. The predicted octanol–water partition coefficient (Wildman–Crippen LogP) is 1.66. The highest BCUT2D eigenvalue weighted by molar-refractivity contribution is 5.33. The first-order chi connectivity index (χ1) is 6.95. The van der Waals surface area contributed by atoms with E-state index in [1.165, 1.54) is 17.5 Å². The van der Waals surface area contributed by atoms with Crippen LogP contribution in [0.4, 0.5) is 0 Å². The Hall–Kier alpha value is -0.860. The summed E-state index contributed by atoms with van der Waals surface area (Å²) in [7, 11) is 0. The third kappa shape index (κ3) is 1.26. The summed E-state index contributed by atoms with van der Waals surface area (Å²) in [5, 5.41) is 3.55. The van der Waals surface area contributed by atoms with Crippen LogP contribution in [0.3, 0.4) is 0 Å². The molecule has 14 heavy (non-hydrogen) atoms. The number of hydrogen-bond acceptors (Lipinski definition) is 2. The van der Waals surface area contributed by atoms with Crippen molar-refractivity contribution in [3.8, 4) is 0 Å². The van der Waals surface area contributed by atoms with E-state index in [9.17, 15) is 0 Å². The average Bonchev–Trinajstić information content (AvgIpc) is 2.29. The molecule has 1 heterocycles. The molecular formula is C12H15NO. The minimum absolute atomic E-state index is 0.402. The Balaban J connectivity index is 1.99. The van der Waals surface area contributed by atoms with Crippen LogP contribution in [0.25, 0.3) is 0 Å². The Bertz CT molecular complexity index is 337. The first-order valence-electron chi connectivity index (χ1n) is 5.38. The molecule has 2 nitrogen and oxygen atoms in total. The molecule has 1 aromatic carbocycles. The summed E-state index contributed by atoms with van der Waals surface area (Å²) < 4.78 is 5.78. The summed E-state index contributed by atoms with van der Waals surface area (Å²) in [5.41, 5.74) is 2.94. The van der Waals surface area contributed by atoms with Gasteiger partial charge in [-0.05, 0) is 24.0 Å². The molecule has 2 aliphatic rings. The molecule has 0 spiro atoms.